The maximum atomic E-state index is 6.87. The second-order valence-corrected chi connectivity index (χ2v) is 24.3. The summed E-state index contributed by atoms with van der Waals surface area (Å²) in [7, 11) is 0.823. The van der Waals surface area contributed by atoms with Crippen molar-refractivity contribution in [3.05, 3.63) is 161 Å². The van der Waals surface area contributed by atoms with E-state index in [9.17, 15) is 0 Å². The fourth-order valence-corrected chi connectivity index (χ4v) is 14.0. The van der Waals surface area contributed by atoms with Gasteiger partial charge in [0, 0.05) is 69.9 Å². The van der Waals surface area contributed by atoms with Crippen LogP contribution in [0, 0.1) is 0 Å². The second-order valence-electron chi connectivity index (χ2n) is 23.2. The summed E-state index contributed by atoms with van der Waals surface area (Å²) in [6.07, 6.45) is 2.40. The molecule has 3 aliphatic rings. The molecule has 14 rings (SSSR count). The van der Waals surface area contributed by atoms with E-state index >= 15 is 0 Å². The molecule has 0 saturated heterocycles. The molecule has 0 atom stereocenters. The summed E-state index contributed by atoms with van der Waals surface area (Å²) in [6, 6.07) is 51.2. The molecule has 0 amide bonds. The number of hydrogen-bond acceptors (Lipinski definition) is 3. The molecular weight excluding hydrogens is 844 g/mol. The molecule has 0 saturated carbocycles. The van der Waals surface area contributed by atoms with Crippen LogP contribution >= 0.6 is 11.3 Å². The number of rotatable bonds is 3. The van der Waals surface area contributed by atoms with Crippen molar-refractivity contribution in [2.45, 2.75) is 96.8 Å². The SMILES string of the molecule is CC(C)(C)c1ccc(Nc2cc3c(cc2-c2ccc4c5c6oc7ccccc7c6ccc5n5c4c2Bc2cc4sc6ccccc6c4cc2-5)C(C)(C)c2cc4c(cc2-3)C(C)(C)CCC4(C)C)cc1. The molecule has 332 valence electrons. The van der Waals surface area contributed by atoms with Gasteiger partial charge in [-0.25, -0.2) is 0 Å². The average Bonchev–Trinajstić information content (AvgIpc) is 4.04. The Labute approximate surface area is 403 Å². The number of para-hydroxylation sites is 1. The highest BCUT2D eigenvalue weighted by Gasteiger charge is 2.43. The molecule has 1 N–H and O–H groups in total. The first-order valence-electron chi connectivity index (χ1n) is 24.7. The Kier molecular flexibility index (Phi) is 7.96. The van der Waals surface area contributed by atoms with Gasteiger partial charge in [0.05, 0.1) is 10.9 Å². The van der Waals surface area contributed by atoms with E-state index < -0.39 is 0 Å². The van der Waals surface area contributed by atoms with E-state index in [1.54, 1.807) is 0 Å². The van der Waals surface area contributed by atoms with Crippen molar-refractivity contribution in [1.29, 1.82) is 0 Å². The predicted octanol–water partition coefficient (Wildman–Crippen LogP) is 16.1. The van der Waals surface area contributed by atoms with Crippen LogP contribution in [0.2, 0.25) is 0 Å². The highest BCUT2D eigenvalue weighted by molar-refractivity contribution is 7.26. The van der Waals surface area contributed by atoms with Gasteiger partial charge in [0.1, 0.15) is 11.2 Å². The van der Waals surface area contributed by atoms with E-state index in [-0.39, 0.29) is 21.7 Å². The van der Waals surface area contributed by atoms with Crippen LogP contribution in [0.15, 0.2) is 138 Å². The molecule has 5 heteroatoms. The first-order chi connectivity index (χ1) is 32.5. The van der Waals surface area contributed by atoms with Crippen LogP contribution in [0.4, 0.5) is 11.4 Å². The van der Waals surface area contributed by atoms with Crippen molar-refractivity contribution in [2.75, 3.05) is 5.32 Å². The average molecular weight is 899 g/mol. The third-order valence-electron chi connectivity index (χ3n) is 16.8. The van der Waals surface area contributed by atoms with Crippen molar-refractivity contribution in [1.82, 2.24) is 4.57 Å². The highest BCUT2D eigenvalue weighted by Crippen LogP contribution is 2.56. The van der Waals surface area contributed by atoms with Gasteiger partial charge in [-0.05, 0) is 146 Å². The van der Waals surface area contributed by atoms with Gasteiger partial charge in [-0.3, -0.25) is 0 Å². The second kappa shape index (κ2) is 13.4. The Bertz CT molecular complexity index is 4030. The highest BCUT2D eigenvalue weighted by atomic mass is 32.1. The summed E-state index contributed by atoms with van der Waals surface area (Å²) in [5, 5.41) is 11.4. The molecule has 0 bridgehead atoms. The number of fused-ring (bicyclic) bond motifs is 16. The quantitative estimate of drug-likeness (QED) is 0.179. The molecular formula is C63H55BN2OS. The largest absolute Gasteiger partial charge is 0.455 e. The molecule has 68 heavy (non-hydrogen) atoms. The fourth-order valence-electron chi connectivity index (χ4n) is 12.8. The fraction of sp³-hybridized carbons (Fsp3) is 0.238. The lowest BCUT2D eigenvalue weighted by atomic mass is 9.59. The smallest absolute Gasteiger partial charge is 0.198 e. The summed E-state index contributed by atoms with van der Waals surface area (Å²) >= 11 is 1.91. The third kappa shape index (κ3) is 5.48. The van der Waals surface area contributed by atoms with Gasteiger partial charge >= 0.3 is 0 Å². The summed E-state index contributed by atoms with van der Waals surface area (Å²) in [5.74, 6) is 0. The van der Waals surface area contributed by atoms with E-state index in [1.165, 1.54) is 122 Å². The lowest BCUT2D eigenvalue weighted by molar-refractivity contribution is 0.331. The van der Waals surface area contributed by atoms with Gasteiger partial charge in [0.25, 0.3) is 0 Å². The molecule has 3 aromatic heterocycles. The van der Waals surface area contributed by atoms with Gasteiger partial charge in [-0.15, -0.1) is 11.3 Å². The normalized spacial score (nSPS) is 16.4. The van der Waals surface area contributed by atoms with Crippen molar-refractivity contribution in [3.63, 3.8) is 0 Å². The van der Waals surface area contributed by atoms with Crippen LogP contribution in [0.1, 0.15) is 103 Å². The van der Waals surface area contributed by atoms with E-state index in [4.69, 9.17) is 4.42 Å². The van der Waals surface area contributed by atoms with Crippen LogP contribution in [0.5, 0.6) is 0 Å². The topological polar surface area (TPSA) is 30.1 Å². The maximum Gasteiger partial charge on any atom is 0.198 e. The van der Waals surface area contributed by atoms with E-state index in [2.05, 4.69) is 206 Å². The van der Waals surface area contributed by atoms with Gasteiger partial charge < -0.3 is 14.3 Å². The minimum absolute atomic E-state index is 0.0657. The monoisotopic (exact) mass is 898 g/mol. The molecule has 4 heterocycles. The molecule has 0 unspecified atom stereocenters. The number of anilines is 2. The van der Waals surface area contributed by atoms with Gasteiger partial charge in [-0.1, -0.05) is 135 Å². The van der Waals surface area contributed by atoms with Crippen LogP contribution in [0.25, 0.3) is 91.9 Å². The number of furan rings is 1. The number of benzene rings is 8. The Morgan fingerprint density at radius 1 is 0.588 bits per heavy atom. The van der Waals surface area contributed by atoms with Crippen molar-refractivity contribution < 1.29 is 4.42 Å². The Morgan fingerprint density at radius 3 is 2.04 bits per heavy atom. The standard InChI is InChI=1S/C63H55BN2OS/c1-60(2,3)34-18-20-35(21-19-34)65-50-30-42-41-28-47-48(62(6,7)27-26-61(47,4)5)32-46(41)63(8,9)45(42)29-43(50)38-22-23-40-56-51(25-24-39-36-14-10-12-16-53(36)67-59(39)56)66-52-31-44-37-15-11-13-17-54(37)68-55(44)33-49(52)64-57(38)58(40)66/h10-25,28-33,64-65H,26-27H2,1-9H3. The lowest BCUT2D eigenvalue weighted by Gasteiger charge is -2.42. The first-order valence-corrected chi connectivity index (χ1v) is 25.5. The van der Waals surface area contributed by atoms with Crippen LogP contribution in [0.3, 0.4) is 0 Å². The van der Waals surface area contributed by atoms with E-state index in [1.807, 2.05) is 11.3 Å². The lowest BCUT2D eigenvalue weighted by Crippen LogP contribution is -2.37. The zero-order valence-corrected chi connectivity index (χ0v) is 41.4. The number of nitrogens with one attached hydrogen (secondary N) is 1. The zero-order chi connectivity index (χ0) is 46.4. The van der Waals surface area contributed by atoms with E-state index in [0.717, 1.165) is 40.6 Å². The van der Waals surface area contributed by atoms with Crippen LogP contribution in [-0.4, -0.2) is 11.8 Å². The van der Waals surface area contributed by atoms with E-state index in [0.29, 0.717) is 0 Å². The minimum Gasteiger partial charge on any atom is -0.455 e. The molecule has 3 nitrogen and oxygen atoms in total. The molecule has 1 aliphatic heterocycles. The molecule has 0 spiro atoms. The number of nitrogens with zero attached hydrogens (tertiary/aromatic N) is 1. The molecule has 8 aromatic carbocycles. The van der Waals surface area contributed by atoms with Crippen LogP contribution < -0.4 is 16.2 Å². The van der Waals surface area contributed by atoms with Crippen molar-refractivity contribution in [2.24, 2.45) is 0 Å². The molecule has 0 fully saturated rings. The van der Waals surface area contributed by atoms with Gasteiger partial charge in [0.15, 0.2) is 7.28 Å². The van der Waals surface area contributed by atoms with Gasteiger partial charge in [-0.2, -0.15) is 0 Å². The summed E-state index contributed by atoms with van der Waals surface area (Å²) in [6.45, 7) is 21.6. The predicted molar refractivity (Wildman–Crippen MR) is 294 cm³/mol. The Morgan fingerprint density at radius 2 is 1.26 bits per heavy atom. The number of hydrogen-bond donors (Lipinski definition) is 1. The minimum atomic E-state index is -0.193. The number of thiophene rings is 1. The summed E-state index contributed by atoms with van der Waals surface area (Å²) < 4.78 is 12.1. The Hall–Kier alpha value is -6.56. The van der Waals surface area contributed by atoms with Crippen molar-refractivity contribution in [3.8, 4) is 27.9 Å². The first kappa shape index (κ1) is 40.5. The summed E-state index contributed by atoms with van der Waals surface area (Å²) in [5.41, 5.74) is 23.1. The number of aromatic nitrogens is 1. The van der Waals surface area contributed by atoms with Crippen LogP contribution in [-0.2, 0) is 21.7 Å². The van der Waals surface area contributed by atoms with Crippen molar-refractivity contribution >= 4 is 105 Å². The maximum absolute atomic E-state index is 6.87. The summed E-state index contributed by atoms with van der Waals surface area (Å²) in [4.78, 5) is 0. The molecule has 11 aromatic rings. The third-order valence-corrected chi connectivity index (χ3v) is 18.0. The molecule has 2 aliphatic carbocycles. The van der Waals surface area contributed by atoms with Gasteiger partial charge in [0.2, 0.25) is 0 Å². The Balaban J connectivity index is 1.06. The zero-order valence-electron chi connectivity index (χ0n) is 40.6. The molecule has 0 radical (unpaired) electrons.